The minimum Gasteiger partial charge on any atom is -0.329 e. The van der Waals surface area contributed by atoms with E-state index >= 15 is 0 Å². The van der Waals surface area contributed by atoms with Crippen LogP contribution in [0.2, 0.25) is 0 Å². The van der Waals surface area contributed by atoms with Crippen LogP contribution in [0.4, 0.5) is 4.39 Å². The van der Waals surface area contributed by atoms with Crippen LogP contribution in [-0.4, -0.2) is 24.5 Å². The van der Waals surface area contributed by atoms with Gasteiger partial charge < -0.3 is 5.73 Å². The Morgan fingerprint density at radius 3 is 2.75 bits per heavy atom. The Hall–Kier alpha value is -0.930. The number of likely N-dealkylation sites (N-methyl/N-ethyl adjacent to an activating group) is 1. The van der Waals surface area contributed by atoms with Crippen LogP contribution < -0.4 is 5.73 Å². The van der Waals surface area contributed by atoms with Crippen molar-refractivity contribution >= 4 is 0 Å². The highest BCUT2D eigenvalue weighted by molar-refractivity contribution is 5.26. The molecule has 112 valence electrons. The lowest BCUT2D eigenvalue weighted by Gasteiger charge is -2.39. The van der Waals surface area contributed by atoms with E-state index in [-0.39, 0.29) is 11.9 Å². The summed E-state index contributed by atoms with van der Waals surface area (Å²) in [7, 11) is 2.14. The van der Waals surface area contributed by atoms with Crippen LogP contribution in [0.15, 0.2) is 18.2 Å². The van der Waals surface area contributed by atoms with E-state index in [1.165, 1.54) is 25.7 Å². The van der Waals surface area contributed by atoms with E-state index in [1.807, 2.05) is 12.1 Å². The third-order valence-corrected chi connectivity index (χ3v) is 4.78. The minimum absolute atomic E-state index is 0.111. The number of hydrogen-bond donors (Lipinski definition) is 1. The molecule has 3 heteroatoms. The van der Waals surface area contributed by atoms with Crippen molar-refractivity contribution in [2.45, 2.75) is 51.6 Å². The van der Waals surface area contributed by atoms with Gasteiger partial charge in [-0.3, -0.25) is 4.90 Å². The van der Waals surface area contributed by atoms with E-state index in [4.69, 9.17) is 5.73 Å². The van der Waals surface area contributed by atoms with Crippen molar-refractivity contribution in [2.75, 3.05) is 13.6 Å². The Kier molecular flexibility index (Phi) is 5.17. The van der Waals surface area contributed by atoms with Crippen molar-refractivity contribution in [3.63, 3.8) is 0 Å². The van der Waals surface area contributed by atoms with E-state index in [9.17, 15) is 4.39 Å². The minimum atomic E-state index is -0.133. The van der Waals surface area contributed by atoms with Gasteiger partial charge in [0.05, 0.1) is 0 Å². The lowest BCUT2D eigenvalue weighted by molar-refractivity contribution is 0.121. The molecule has 0 heterocycles. The summed E-state index contributed by atoms with van der Waals surface area (Å²) in [4.78, 5) is 2.36. The molecule has 2 N–H and O–H groups in total. The van der Waals surface area contributed by atoms with Crippen molar-refractivity contribution in [1.82, 2.24) is 4.90 Å². The zero-order valence-corrected chi connectivity index (χ0v) is 12.9. The van der Waals surface area contributed by atoms with Crippen LogP contribution in [0, 0.1) is 18.7 Å². The summed E-state index contributed by atoms with van der Waals surface area (Å²) in [6.07, 6.45) is 5.07. The zero-order valence-electron chi connectivity index (χ0n) is 12.9. The van der Waals surface area contributed by atoms with Crippen LogP contribution in [0.5, 0.6) is 0 Å². The van der Waals surface area contributed by atoms with Gasteiger partial charge in [-0.15, -0.1) is 0 Å². The third kappa shape index (κ3) is 3.39. The smallest absolute Gasteiger partial charge is 0.126 e. The monoisotopic (exact) mass is 278 g/mol. The molecule has 0 aliphatic heterocycles. The molecule has 1 fully saturated rings. The molecule has 0 spiro atoms. The van der Waals surface area contributed by atoms with E-state index in [2.05, 4.69) is 18.9 Å². The van der Waals surface area contributed by atoms with Gasteiger partial charge in [-0.05, 0) is 49.9 Å². The first-order chi connectivity index (χ1) is 9.52. The van der Waals surface area contributed by atoms with Gasteiger partial charge in [0, 0.05) is 18.6 Å². The normalized spacial score (nSPS) is 24.9. The third-order valence-electron chi connectivity index (χ3n) is 4.78. The number of rotatable bonds is 4. The van der Waals surface area contributed by atoms with Crippen molar-refractivity contribution in [1.29, 1.82) is 0 Å². The molecule has 0 bridgehead atoms. The summed E-state index contributed by atoms with van der Waals surface area (Å²) >= 11 is 0. The second-order valence-corrected chi connectivity index (χ2v) is 6.35. The number of aryl methyl sites for hydroxylation is 1. The maximum atomic E-state index is 13.8. The van der Waals surface area contributed by atoms with E-state index in [0.29, 0.717) is 18.2 Å². The summed E-state index contributed by atoms with van der Waals surface area (Å²) in [5.74, 6) is 0.649. The Morgan fingerprint density at radius 1 is 1.40 bits per heavy atom. The second-order valence-electron chi connectivity index (χ2n) is 6.35. The van der Waals surface area contributed by atoms with Gasteiger partial charge in [-0.1, -0.05) is 31.9 Å². The highest BCUT2D eigenvalue weighted by atomic mass is 19.1. The van der Waals surface area contributed by atoms with E-state index in [1.54, 1.807) is 13.0 Å². The summed E-state index contributed by atoms with van der Waals surface area (Å²) in [6, 6.07) is 6.19. The van der Waals surface area contributed by atoms with Gasteiger partial charge in [-0.2, -0.15) is 0 Å². The van der Waals surface area contributed by atoms with E-state index < -0.39 is 0 Å². The number of nitrogens with two attached hydrogens (primary N) is 1. The van der Waals surface area contributed by atoms with Crippen molar-refractivity contribution < 1.29 is 4.39 Å². The molecule has 1 aliphatic carbocycles. The van der Waals surface area contributed by atoms with Gasteiger partial charge in [-0.25, -0.2) is 4.39 Å². The molecular formula is C17H27FN2. The molecule has 2 nitrogen and oxygen atoms in total. The van der Waals surface area contributed by atoms with Crippen LogP contribution in [0.1, 0.15) is 49.8 Å². The molecule has 1 aromatic carbocycles. The van der Waals surface area contributed by atoms with Gasteiger partial charge in [0.1, 0.15) is 5.82 Å². The second kappa shape index (κ2) is 6.68. The van der Waals surface area contributed by atoms with Gasteiger partial charge in [0.2, 0.25) is 0 Å². The predicted octanol–water partition coefficient (Wildman–Crippen LogP) is 3.64. The summed E-state index contributed by atoms with van der Waals surface area (Å²) < 4.78 is 13.8. The summed E-state index contributed by atoms with van der Waals surface area (Å²) in [5.41, 5.74) is 7.66. The van der Waals surface area contributed by atoms with Crippen molar-refractivity contribution in [2.24, 2.45) is 11.7 Å². The summed E-state index contributed by atoms with van der Waals surface area (Å²) in [6.45, 7) is 4.65. The maximum Gasteiger partial charge on any atom is 0.126 e. The first-order valence-electron chi connectivity index (χ1n) is 7.71. The molecule has 1 aromatic rings. The number of halogens is 1. The molecule has 0 saturated heterocycles. The van der Waals surface area contributed by atoms with Crippen LogP contribution >= 0.6 is 0 Å². The maximum absolute atomic E-state index is 13.8. The highest BCUT2D eigenvalue weighted by Crippen LogP contribution is 2.31. The highest BCUT2D eigenvalue weighted by Gasteiger charge is 2.27. The van der Waals surface area contributed by atoms with Gasteiger partial charge in [0.15, 0.2) is 0 Å². The van der Waals surface area contributed by atoms with Gasteiger partial charge in [0.25, 0.3) is 0 Å². The van der Waals surface area contributed by atoms with Crippen LogP contribution in [0.3, 0.4) is 0 Å². The molecule has 0 amide bonds. The quantitative estimate of drug-likeness (QED) is 0.911. The molecule has 2 rings (SSSR count). The fourth-order valence-electron chi connectivity index (χ4n) is 3.38. The molecule has 20 heavy (non-hydrogen) atoms. The SMILES string of the molecule is Cc1ccc(C(CN)N(C)C2CCCC(C)C2)cc1F. The van der Waals surface area contributed by atoms with Gasteiger partial charge >= 0.3 is 0 Å². The fourth-order valence-corrected chi connectivity index (χ4v) is 3.38. The molecule has 1 aliphatic rings. The van der Waals surface area contributed by atoms with E-state index in [0.717, 1.165) is 11.5 Å². The number of nitrogens with zero attached hydrogens (tertiary/aromatic N) is 1. The fraction of sp³-hybridized carbons (Fsp3) is 0.647. The van der Waals surface area contributed by atoms with Crippen LogP contribution in [-0.2, 0) is 0 Å². The average molecular weight is 278 g/mol. The summed E-state index contributed by atoms with van der Waals surface area (Å²) in [5, 5.41) is 0. The molecule has 1 saturated carbocycles. The number of hydrogen-bond acceptors (Lipinski definition) is 2. The Balaban J connectivity index is 2.15. The van der Waals surface area contributed by atoms with Crippen LogP contribution in [0.25, 0.3) is 0 Å². The first kappa shape index (κ1) is 15.5. The number of benzene rings is 1. The predicted molar refractivity (Wildman–Crippen MR) is 82.1 cm³/mol. The topological polar surface area (TPSA) is 29.3 Å². The molecular weight excluding hydrogens is 251 g/mol. The molecule has 0 radical (unpaired) electrons. The zero-order chi connectivity index (χ0) is 14.7. The van der Waals surface area contributed by atoms with Crippen molar-refractivity contribution in [3.05, 3.63) is 35.1 Å². The molecule has 3 unspecified atom stereocenters. The largest absolute Gasteiger partial charge is 0.329 e. The standard InChI is InChI=1S/C17H27FN2/c1-12-5-4-6-15(9-12)20(3)17(11-19)14-8-7-13(2)16(18)10-14/h7-8,10,12,15,17H,4-6,9,11,19H2,1-3H3. The Labute approximate surface area is 122 Å². The lowest BCUT2D eigenvalue weighted by atomic mass is 9.85. The lowest BCUT2D eigenvalue weighted by Crippen LogP contribution is -2.41. The Bertz CT molecular complexity index is 447. The molecule has 3 atom stereocenters. The van der Waals surface area contributed by atoms with Crippen molar-refractivity contribution in [3.8, 4) is 0 Å². The Morgan fingerprint density at radius 2 is 2.15 bits per heavy atom. The average Bonchev–Trinajstić information content (AvgIpc) is 2.43. The molecule has 0 aromatic heterocycles. The first-order valence-corrected chi connectivity index (χ1v) is 7.71.